The third-order valence-electron chi connectivity index (χ3n) is 2.21. The number of nitrogens with two attached hydrogens (primary N) is 1. The first-order valence-electron chi connectivity index (χ1n) is 4.75. The van der Waals surface area contributed by atoms with Gasteiger partial charge in [-0.05, 0) is 18.6 Å². The largest absolute Gasteiger partial charge is 0.398 e. The van der Waals surface area contributed by atoms with Crippen LogP contribution in [0.3, 0.4) is 0 Å². The number of carbonyl (C=O) groups excluding carboxylic acids is 1. The molecule has 0 radical (unpaired) electrons. The Morgan fingerprint density at radius 1 is 1.44 bits per heavy atom. The highest BCUT2D eigenvalue weighted by Crippen LogP contribution is 2.17. The second-order valence-corrected chi connectivity index (χ2v) is 3.38. The van der Waals surface area contributed by atoms with Crippen molar-refractivity contribution in [3.8, 4) is 0 Å². The summed E-state index contributed by atoms with van der Waals surface area (Å²) in [6.45, 7) is 1.83. The summed E-state index contributed by atoms with van der Waals surface area (Å²) < 4.78 is 4.62. The maximum Gasteiger partial charge on any atom is 0.259 e. The van der Waals surface area contributed by atoms with Gasteiger partial charge in [0, 0.05) is 11.8 Å². The van der Waals surface area contributed by atoms with E-state index >= 15 is 0 Å². The maximum absolute atomic E-state index is 11.9. The molecule has 1 amide bonds. The van der Waals surface area contributed by atoms with Crippen molar-refractivity contribution in [2.24, 2.45) is 0 Å². The molecule has 16 heavy (non-hydrogen) atoms. The monoisotopic (exact) mass is 217 g/mol. The molecule has 5 nitrogen and oxygen atoms in total. The van der Waals surface area contributed by atoms with Gasteiger partial charge in [0.2, 0.25) is 0 Å². The topological polar surface area (TPSA) is 81.2 Å². The number of nitrogen functional groups attached to an aromatic ring is 1. The minimum absolute atomic E-state index is 0.287. The Balaban J connectivity index is 2.28. The summed E-state index contributed by atoms with van der Waals surface area (Å²) in [5.41, 5.74) is 7.48. The fraction of sp³-hybridized carbons (Fsp3) is 0.0909. The number of amides is 1. The Morgan fingerprint density at radius 3 is 2.88 bits per heavy atom. The molecule has 5 heteroatoms. The third kappa shape index (κ3) is 1.88. The Hall–Kier alpha value is -2.30. The van der Waals surface area contributed by atoms with Gasteiger partial charge in [0.1, 0.15) is 6.26 Å². The van der Waals surface area contributed by atoms with Gasteiger partial charge in [0.15, 0.2) is 5.82 Å². The predicted molar refractivity (Wildman–Crippen MR) is 60.0 cm³/mol. The fourth-order valence-corrected chi connectivity index (χ4v) is 1.46. The van der Waals surface area contributed by atoms with E-state index < -0.39 is 0 Å². The van der Waals surface area contributed by atoms with Crippen molar-refractivity contribution in [2.45, 2.75) is 6.92 Å². The van der Waals surface area contributed by atoms with Gasteiger partial charge in [0.05, 0.1) is 5.56 Å². The summed E-state index contributed by atoms with van der Waals surface area (Å²) in [5.74, 6) is 0.0807. The second-order valence-electron chi connectivity index (χ2n) is 3.38. The molecule has 1 aromatic heterocycles. The first-order valence-corrected chi connectivity index (χ1v) is 4.75. The first kappa shape index (κ1) is 10.2. The van der Waals surface area contributed by atoms with Crippen molar-refractivity contribution in [3.63, 3.8) is 0 Å². The van der Waals surface area contributed by atoms with Gasteiger partial charge in [-0.1, -0.05) is 17.3 Å². The van der Waals surface area contributed by atoms with Crippen LogP contribution in [0.15, 0.2) is 35.1 Å². The van der Waals surface area contributed by atoms with E-state index in [-0.39, 0.29) is 5.91 Å². The molecule has 2 aromatic rings. The zero-order valence-corrected chi connectivity index (χ0v) is 8.73. The molecule has 0 saturated carbocycles. The molecule has 1 aromatic carbocycles. The second kappa shape index (κ2) is 4.06. The number of nitrogens with one attached hydrogen (secondary N) is 1. The van der Waals surface area contributed by atoms with Gasteiger partial charge >= 0.3 is 0 Å². The lowest BCUT2D eigenvalue weighted by atomic mass is 10.1. The molecule has 0 aliphatic carbocycles. The van der Waals surface area contributed by atoms with Crippen molar-refractivity contribution in [3.05, 3.63) is 41.7 Å². The number of aryl methyl sites for hydroxylation is 1. The highest BCUT2D eigenvalue weighted by molar-refractivity contribution is 6.08. The Morgan fingerprint density at radius 2 is 2.25 bits per heavy atom. The van der Waals surface area contributed by atoms with Crippen LogP contribution in [0.25, 0.3) is 0 Å². The Bertz CT molecular complexity index is 486. The quantitative estimate of drug-likeness (QED) is 0.752. The zero-order chi connectivity index (χ0) is 11.5. The van der Waals surface area contributed by atoms with Crippen molar-refractivity contribution >= 4 is 17.4 Å². The van der Waals surface area contributed by atoms with Gasteiger partial charge in [-0.15, -0.1) is 0 Å². The van der Waals surface area contributed by atoms with Crippen LogP contribution in [0.1, 0.15) is 15.9 Å². The SMILES string of the molecule is Cc1cccc(N)c1C(=O)Nc1ccon1. The average molecular weight is 217 g/mol. The van der Waals surface area contributed by atoms with E-state index in [0.717, 1.165) is 5.56 Å². The van der Waals surface area contributed by atoms with Crippen LogP contribution in [-0.2, 0) is 0 Å². The summed E-state index contributed by atoms with van der Waals surface area (Å²) in [6, 6.07) is 6.88. The minimum Gasteiger partial charge on any atom is -0.398 e. The number of benzene rings is 1. The van der Waals surface area contributed by atoms with Crippen LogP contribution in [-0.4, -0.2) is 11.1 Å². The van der Waals surface area contributed by atoms with Crippen LogP contribution in [0.4, 0.5) is 11.5 Å². The van der Waals surface area contributed by atoms with Crippen molar-refractivity contribution < 1.29 is 9.32 Å². The molecule has 82 valence electrons. The Kier molecular flexibility index (Phi) is 2.59. The minimum atomic E-state index is -0.287. The number of hydrogen-bond acceptors (Lipinski definition) is 4. The molecule has 0 fully saturated rings. The third-order valence-corrected chi connectivity index (χ3v) is 2.21. The number of rotatable bonds is 2. The summed E-state index contributed by atoms with van der Waals surface area (Å²) in [6.07, 6.45) is 1.39. The van der Waals surface area contributed by atoms with Crippen molar-refractivity contribution in [1.82, 2.24) is 5.16 Å². The molecule has 0 bridgehead atoms. The van der Waals surface area contributed by atoms with Gasteiger partial charge in [0.25, 0.3) is 5.91 Å². The van der Waals surface area contributed by atoms with Crippen LogP contribution in [0, 0.1) is 6.92 Å². The molecule has 0 unspecified atom stereocenters. The smallest absolute Gasteiger partial charge is 0.259 e. The Labute approximate surface area is 92.2 Å². The van der Waals surface area contributed by atoms with E-state index in [9.17, 15) is 4.79 Å². The fourth-order valence-electron chi connectivity index (χ4n) is 1.46. The van der Waals surface area contributed by atoms with Crippen molar-refractivity contribution in [1.29, 1.82) is 0 Å². The summed E-state index contributed by atoms with van der Waals surface area (Å²) in [5, 5.41) is 6.19. The van der Waals surface area contributed by atoms with Crippen LogP contribution < -0.4 is 11.1 Å². The standard InChI is InChI=1S/C11H11N3O2/c1-7-3-2-4-8(12)10(7)11(15)13-9-5-6-16-14-9/h2-6H,12H2,1H3,(H,13,14,15). The normalized spacial score (nSPS) is 10.1. The molecule has 1 heterocycles. The highest BCUT2D eigenvalue weighted by atomic mass is 16.5. The number of anilines is 2. The van der Waals surface area contributed by atoms with E-state index in [4.69, 9.17) is 5.73 Å². The van der Waals surface area contributed by atoms with E-state index in [1.807, 2.05) is 13.0 Å². The van der Waals surface area contributed by atoms with Crippen molar-refractivity contribution in [2.75, 3.05) is 11.1 Å². The van der Waals surface area contributed by atoms with Gasteiger partial charge in [-0.2, -0.15) is 0 Å². The lowest BCUT2D eigenvalue weighted by molar-refractivity contribution is 0.102. The molecular formula is C11H11N3O2. The highest BCUT2D eigenvalue weighted by Gasteiger charge is 2.13. The lowest BCUT2D eigenvalue weighted by Crippen LogP contribution is -2.15. The van der Waals surface area contributed by atoms with Gasteiger partial charge in [-0.25, -0.2) is 0 Å². The number of hydrogen-bond donors (Lipinski definition) is 2. The molecule has 0 aliphatic rings. The van der Waals surface area contributed by atoms with E-state index in [0.29, 0.717) is 17.1 Å². The van der Waals surface area contributed by atoms with E-state index in [1.54, 1.807) is 18.2 Å². The van der Waals surface area contributed by atoms with E-state index in [2.05, 4.69) is 15.0 Å². The molecule has 3 N–H and O–H groups in total. The molecule has 2 rings (SSSR count). The number of aromatic nitrogens is 1. The molecular weight excluding hydrogens is 206 g/mol. The van der Waals surface area contributed by atoms with Crippen LogP contribution in [0.5, 0.6) is 0 Å². The number of carbonyl (C=O) groups is 1. The molecule has 0 atom stereocenters. The van der Waals surface area contributed by atoms with Crippen LogP contribution >= 0.6 is 0 Å². The summed E-state index contributed by atoms with van der Waals surface area (Å²) in [7, 11) is 0. The average Bonchev–Trinajstić information content (AvgIpc) is 2.70. The molecule has 0 aliphatic heterocycles. The molecule has 0 saturated heterocycles. The molecule has 0 spiro atoms. The predicted octanol–water partition coefficient (Wildman–Crippen LogP) is 1.82. The maximum atomic E-state index is 11.9. The first-order chi connectivity index (χ1) is 7.68. The van der Waals surface area contributed by atoms with E-state index in [1.165, 1.54) is 6.26 Å². The number of nitrogens with zero attached hydrogens (tertiary/aromatic N) is 1. The summed E-state index contributed by atoms with van der Waals surface area (Å²) >= 11 is 0. The van der Waals surface area contributed by atoms with Gasteiger partial charge in [-0.3, -0.25) is 4.79 Å². The summed E-state index contributed by atoms with van der Waals surface area (Å²) in [4.78, 5) is 11.9. The lowest BCUT2D eigenvalue weighted by Gasteiger charge is -2.07. The van der Waals surface area contributed by atoms with Crippen LogP contribution in [0.2, 0.25) is 0 Å². The zero-order valence-electron chi connectivity index (χ0n) is 8.73. The van der Waals surface area contributed by atoms with Gasteiger partial charge < -0.3 is 15.6 Å².